The van der Waals surface area contributed by atoms with E-state index in [2.05, 4.69) is 16.2 Å². The summed E-state index contributed by atoms with van der Waals surface area (Å²) in [6.07, 6.45) is -2.76. The van der Waals surface area contributed by atoms with E-state index >= 15 is 0 Å². The minimum Gasteiger partial charge on any atom is -0.507 e. The summed E-state index contributed by atoms with van der Waals surface area (Å²) in [5, 5.41) is 48.1. The number of alkyl carbamates (subject to hydrolysis) is 1. The molecule has 0 radical (unpaired) electrons. The molecular formula is C34H35F2N3O12. The third-order valence-corrected chi connectivity index (χ3v) is 9.62. The Labute approximate surface area is 289 Å². The first-order chi connectivity index (χ1) is 24.0. The van der Waals surface area contributed by atoms with Crippen LogP contribution in [0.5, 0.6) is 17.2 Å². The molecule has 0 bridgehead atoms. The van der Waals surface area contributed by atoms with E-state index in [-0.39, 0.29) is 40.8 Å². The molecule has 2 fully saturated rings. The highest BCUT2D eigenvalue weighted by Crippen LogP contribution is 2.53. The van der Waals surface area contributed by atoms with Gasteiger partial charge in [-0.3, -0.25) is 14.4 Å². The van der Waals surface area contributed by atoms with Crippen molar-refractivity contribution in [2.45, 2.75) is 87.4 Å². The predicted molar refractivity (Wildman–Crippen MR) is 168 cm³/mol. The van der Waals surface area contributed by atoms with Gasteiger partial charge in [-0.1, -0.05) is 12.1 Å². The third-order valence-electron chi connectivity index (χ3n) is 9.62. The first-order valence-corrected chi connectivity index (χ1v) is 15.9. The van der Waals surface area contributed by atoms with Crippen LogP contribution in [0, 0.1) is 12.3 Å². The Morgan fingerprint density at radius 3 is 2.47 bits per heavy atom. The molecule has 1 amide bonds. The zero-order valence-corrected chi connectivity index (χ0v) is 27.5. The number of fused-ring (bicyclic) bond motifs is 3. The number of aliphatic hydroxyl groups excluding tert-OH is 1. The van der Waals surface area contributed by atoms with E-state index in [1.165, 1.54) is 45.1 Å². The lowest BCUT2D eigenvalue weighted by molar-refractivity contribution is -0.249. The summed E-state index contributed by atoms with van der Waals surface area (Å²) in [5.74, 6) is -5.74. The predicted octanol–water partition coefficient (Wildman–Crippen LogP) is 1.26. The van der Waals surface area contributed by atoms with Gasteiger partial charge in [-0.15, -0.1) is 6.42 Å². The number of phenolic OH excluding ortho intramolecular Hbond substituents is 2. The van der Waals surface area contributed by atoms with E-state index in [1.54, 1.807) is 0 Å². The number of aliphatic hydroxyl groups is 2. The Hall–Kier alpha value is -4.70. The highest BCUT2D eigenvalue weighted by atomic mass is 19.3. The van der Waals surface area contributed by atoms with E-state index < -0.39 is 113 Å². The van der Waals surface area contributed by atoms with Crippen molar-refractivity contribution < 1.29 is 67.3 Å². The summed E-state index contributed by atoms with van der Waals surface area (Å²) >= 11 is 0. The molecule has 4 aliphatic rings. The van der Waals surface area contributed by atoms with Gasteiger partial charge >= 0.3 is 12.0 Å². The van der Waals surface area contributed by atoms with Gasteiger partial charge in [0.15, 0.2) is 12.1 Å². The standard InChI is InChI=1S/C34H35F2N3O12/c1-5-33(35,36)34(38-39-34)13-49-31(46)37-18-9-21(50-15(3)26(18)41)51-20-12-32(47,10-14(2)40)11-17-23(20)30(45)25-24(28(17)43)27(42)16-7-6-8-19(48-4)22(16)29(25)44/h1,6-8,15,18,20-21,26,38-39,41,43,45,47H,9-13H2,2-4H3,(H,37,46)/t15?,18?,20-,21?,26?,32-/m0/s1. The zero-order valence-electron chi connectivity index (χ0n) is 27.5. The van der Waals surface area contributed by atoms with Crippen LogP contribution in [0.2, 0.25) is 0 Å². The Balaban J connectivity index is 1.31. The number of carbonyl (C=O) groups is 4. The van der Waals surface area contributed by atoms with Crippen LogP contribution in [0.4, 0.5) is 13.6 Å². The van der Waals surface area contributed by atoms with Crippen molar-refractivity contribution in [3.05, 3.63) is 51.6 Å². The molecule has 2 aliphatic heterocycles. The summed E-state index contributed by atoms with van der Waals surface area (Å²) in [6, 6.07) is 3.18. The molecule has 2 heterocycles. The smallest absolute Gasteiger partial charge is 0.407 e. The van der Waals surface area contributed by atoms with Gasteiger partial charge in [-0.25, -0.2) is 15.6 Å². The normalized spacial score (nSPS) is 27.7. The number of amides is 1. The van der Waals surface area contributed by atoms with E-state index in [4.69, 9.17) is 25.4 Å². The van der Waals surface area contributed by atoms with Crippen LogP contribution >= 0.6 is 0 Å². The van der Waals surface area contributed by atoms with E-state index in [9.17, 15) is 48.4 Å². The molecule has 17 heteroatoms. The Morgan fingerprint density at radius 1 is 1.16 bits per heavy atom. The van der Waals surface area contributed by atoms with Gasteiger partial charge in [0.05, 0.1) is 47.7 Å². The number of rotatable bonds is 9. The minimum atomic E-state index is -3.70. The molecule has 272 valence electrons. The number of phenols is 2. The summed E-state index contributed by atoms with van der Waals surface area (Å²) in [4.78, 5) is 52.5. The first-order valence-electron chi connectivity index (χ1n) is 15.9. The molecule has 0 spiro atoms. The zero-order chi connectivity index (χ0) is 37.2. The fourth-order valence-electron chi connectivity index (χ4n) is 7.06. The molecule has 2 saturated heterocycles. The number of hydrogen-bond acceptors (Lipinski definition) is 14. The molecule has 6 rings (SSSR count). The van der Waals surface area contributed by atoms with Gasteiger partial charge in [-0.05, 0) is 25.8 Å². The van der Waals surface area contributed by atoms with Crippen molar-refractivity contribution in [1.82, 2.24) is 16.2 Å². The maximum atomic E-state index is 14.0. The average Bonchev–Trinajstić information content (AvgIpc) is 3.87. The molecule has 51 heavy (non-hydrogen) atoms. The quantitative estimate of drug-likeness (QED) is 0.0938. The number of methoxy groups -OCH3 is 1. The maximum Gasteiger partial charge on any atom is 0.407 e. The van der Waals surface area contributed by atoms with Gasteiger partial charge < -0.3 is 44.7 Å². The average molecular weight is 716 g/mol. The van der Waals surface area contributed by atoms with Gasteiger partial charge in [0.1, 0.15) is 35.7 Å². The van der Waals surface area contributed by atoms with Gasteiger partial charge in [-0.2, -0.15) is 8.78 Å². The molecule has 2 aliphatic carbocycles. The Morgan fingerprint density at radius 2 is 1.84 bits per heavy atom. The van der Waals surface area contributed by atoms with Gasteiger partial charge in [0, 0.05) is 42.4 Å². The van der Waals surface area contributed by atoms with Crippen LogP contribution in [-0.2, 0) is 25.4 Å². The van der Waals surface area contributed by atoms with Crippen LogP contribution in [0.1, 0.15) is 82.2 Å². The second-order valence-corrected chi connectivity index (χ2v) is 13.2. The maximum absolute atomic E-state index is 14.0. The number of hydrogen-bond donors (Lipinski definition) is 7. The molecule has 2 aromatic rings. The third kappa shape index (κ3) is 6.17. The molecule has 6 atom stereocenters. The van der Waals surface area contributed by atoms with Crippen LogP contribution in [0.25, 0.3) is 0 Å². The molecule has 15 nitrogen and oxygen atoms in total. The van der Waals surface area contributed by atoms with Crippen LogP contribution in [0.15, 0.2) is 18.2 Å². The topological polar surface area (TPSA) is 242 Å². The van der Waals surface area contributed by atoms with E-state index in [1.807, 2.05) is 0 Å². The SMILES string of the molecule is C#CC(F)(F)C1(COC(=O)NC2CC(O[C@H]3C[C@](O)(CC(C)=O)Cc4c(O)c5c(c(O)c43)C(=O)c3c(OC)cccc3C5=O)OC(C)C2O)NN1. The van der Waals surface area contributed by atoms with Crippen molar-refractivity contribution in [1.29, 1.82) is 0 Å². The summed E-state index contributed by atoms with van der Waals surface area (Å²) in [7, 11) is 1.30. The number of halogens is 2. The lowest BCUT2D eigenvalue weighted by Gasteiger charge is -2.43. The number of alkyl halides is 2. The van der Waals surface area contributed by atoms with Crippen LogP contribution in [-0.4, -0.2) is 99.3 Å². The van der Waals surface area contributed by atoms with E-state index in [0.717, 1.165) is 0 Å². The fourth-order valence-corrected chi connectivity index (χ4v) is 7.06. The fraction of sp³-hybridized carbons (Fsp3) is 0.471. The number of benzene rings is 2. The van der Waals surface area contributed by atoms with Gasteiger partial charge in [0.2, 0.25) is 11.4 Å². The molecule has 2 aromatic carbocycles. The summed E-state index contributed by atoms with van der Waals surface area (Å²) in [6.45, 7) is 1.83. The largest absolute Gasteiger partial charge is 0.507 e. The Kier molecular flexibility index (Phi) is 9.07. The minimum absolute atomic E-state index is 0.0570. The number of ether oxygens (including phenoxy) is 4. The van der Waals surface area contributed by atoms with Gasteiger partial charge in [0.25, 0.3) is 0 Å². The monoisotopic (exact) mass is 715 g/mol. The second kappa shape index (κ2) is 12.8. The summed E-state index contributed by atoms with van der Waals surface area (Å²) in [5.41, 5.74) is -1.16. The molecule has 0 saturated carbocycles. The molecule has 7 N–H and O–H groups in total. The second-order valence-electron chi connectivity index (χ2n) is 13.2. The van der Waals surface area contributed by atoms with Crippen molar-refractivity contribution in [3.63, 3.8) is 0 Å². The number of nitrogens with one attached hydrogen (secondary N) is 3. The van der Waals surface area contributed by atoms with Crippen molar-refractivity contribution in [3.8, 4) is 29.6 Å². The number of terminal acetylenes is 1. The van der Waals surface area contributed by atoms with Crippen molar-refractivity contribution in [2.24, 2.45) is 0 Å². The number of carbonyl (C=O) groups excluding carboxylic acids is 4. The molecular weight excluding hydrogens is 680 g/mol. The Bertz CT molecular complexity index is 1880. The highest BCUT2D eigenvalue weighted by Gasteiger charge is 2.63. The number of Topliss-reactive ketones (excluding diaryl/α,β-unsaturated/α-hetero) is 1. The highest BCUT2D eigenvalue weighted by molar-refractivity contribution is 6.31. The van der Waals surface area contributed by atoms with Crippen LogP contribution in [0.3, 0.4) is 0 Å². The summed E-state index contributed by atoms with van der Waals surface area (Å²) < 4.78 is 50.4. The van der Waals surface area contributed by atoms with Crippen molar-refractivity contribution >= 4 is 23.4 Å². The van der Waals surface area contributed by atoms with Crippen molar-refractivity contribution in [2.75, 3.05) is 13.7 Å². The lowest BCUT2D eigenvalue weighted by atomic mass is 9.71. The first kappa shape index (κ1) is 36.1. The molecule has 0 aromatic heterocycles. The number of hydrazine groups is 1. The van der Waals surface area contributed by atoms with Crippen LogP contribution < -0.4 is 20.9 Å². The van der Waals surface area contributed by atoms with E-state index in [0.29, 0.717) is 0 Å². The lowest BCUT2D eigenvalue weighted by Crippen LogP contribution is -2.56. The molecule has 4 unspecified atom stereocenters. The number of aromatic hydroxyl groups is 2. The number of ketones is 3.